The van der Waals surface area contributed by atoms with E-state index in [4.69, 9.17) is 16.3 Å². The second-order valence-electron chi connectivity index (χ2n) is 3.87. The minimum Gasteiger partial charge on any atom is -0.442 e. The molecule has 3 rings (SSSR count). The zero-order chi connectivity index (χ0) is 12.5. The molecule has 1 heterocycles. The highest BCUT2D eigenvalue weighted by Gasteiger charge is 2.28. The first-order valence-electron chi connectivity index (χ1n) is 5.47. The molecule has 1 aliphatic heterocycles. The van der Waals surface area contributed by atoms with Gasteiger partial charge in [-0.2, -0.15) is 0 Å². The van der Waals surface area contributed by atoms with Gasteiger partial charge in [0.2, 0.25) is 0 Å². The van der Waals surface area contributed by atoms with E-state index in [9.17, 15) is 4.79 Å². The number of benzene rings is 2. The molecule has 0 amide bonds. The lowest BCUT2D eigenvalue weighted by Gasteiger charge is -2.24. The Balaban J connectivity index is 2.00. The van der Waals surface area contributed by atoms with Gasteiger partial charge >= 0.3 is 5.97 Å². The number of carbonyl (C=O) groups excluding carboxylic acids is 1. The highest BCUT2D eigenvalue weighted by atomic mass is 35.5. The Bertz CT molecular complexity index is 612. The molecule has 2 nitrogen and oxygen atoms in total. The second kappa shape index (κ2) is 4.67. The Kier molecular flexibility index (Phi) is 3.02. The number of hydrogen-bond donors (Lipinski definition) is 0. The summed E-state index contributed by atoms with van der Waals surface area (Å²) in [5, 5.41) is 0.613. The largest absolute Gasteiger partial charge is 0.442 e. The number of esters is 1. The van der Waals surface area contributed by atoms with Crippen molar-refractivity contribution in [3.8, 4) is 0 Å². The second-order valence-corrected chi connectivity index (χ2v) is 5.38. The predicted octanol–water partition coefficient (Wildman–Crippen LogP) is 4.30. The Morgan fingerprint density at radius 2 is 1.78 bits per heavy atom. The average Bonchev–Trinajstić information content (AvgIpc) is 2.39. The fourth-order valence-corrected chi connectivity index (χ4v) is 3.26. The third-order valence-electron chi connectivity index (χ3n) is 2.71. The molecular weight excluding hydrogens is 268 g/mol. The molecule has 0 bridgehead atoms. The molecule has 0 unspecified atom stereocenters. The summed E-state index contributed by atoms with van der Waals surface area (Å²) in [5.41, 5.74) is 1.07. The molecule has 0 saturated heterocycles. The molecule has 0 saturated carbocycles. The van der Waals surface area contributed by atoms with E-state index in [0.717, 1.165) is 10.5 Å². The van der Waals surface area contributed by atoms with Crippen LogP contribution in [0.4, 0.5) is 0 Å². The van der Waals surface area contributed by atoms with Crippen LogP contribution in [0.3, 0.4) is 0 Å². The van der Waals surface area contributed by atoms with Crippen molar-refractivity contribution in [2.75, 3.05) is 0 Å². The van der Waals surface area contributed by atoms with Crippen LogP contribution in [0, 0.1) is 0 Å². The molecule has 2 aromatic rings. The normalized spacial score (nSPS) is 18.1. The van der Waals surface area contributed by atoms with Crippen molar-refractivity contribution in [2.24, 2.45) is 0 Å². The average molecular weight is 277 g/mol. The highest BCUT2D eigenvalue weighted by molar-refractivity contribution is 7.99. The number of hydrogen-bond acceptors (Lipinski definition) is 3. The van der Waals surface area contributed by atoms with Gasteiger partial charge in [-0.3, -0.25) is 0 Å². The summed E-state index contributed by atoms with van der Waals surface area (Å²) in [6.07, 6.45) is 0. The first kappa shape index (κ1) is 11.6. The van der Waals surface area contributed by atoms with E-state index in [-0.39, 0.29) is 11.4 Å². The number of rotatable bonds is 1. The summed E-state index contributed by atoms with van der Waals surface area (Å²) in [5.74, 6) is -0.297. The van der Waals surface area contributed by atoms with Crippen molar-refractivity contribution >= 4 is 29.3 Å². The topological polar surface area (TPSA) is 26.3 Å². The molecule has 1 atom stereocenters. The maximum absolute atomic E-state index is 11.9. The van der Waals surface area contributed by atoms with Crippen molar-refractivity contribution in [3.05, 3.63) is 64.7 Å². The van der Waals surface area contributed by atoms with Gasteiger partial charge in [0.05, 0.1) is 5.56 Å². The molecule has 0 fully saturated rings. The van der Waals surface area contributed by atoms with Crippen molar-refractivity contribution in [1.82, 2.24) is 0 Å². The van der Waals surface area contributed by atoms with E-state index >= 15 is 0 Å². The number of halogens is 1. The SMILES string of the molecule is O=C1O[C@H](c2ccccc2Cl)Sc2ccccc21. The van der Waals surface area contributed by atoms with E-state index in [1.54, 1.807) is 12.1 Å². The van der Waals surface area contributed by atoms with Crippen molar-refractivity contribution in [1.29, 1.82) is 0 Å². The summed E-state index contributed by atoms with van der Waals surface area (Å²) in [4.78, 5) is 12.8. The number of ether oxygens (including phenoxy) is 1. The summed E-state index contributed by atoms with van der Waals surface area (Å²) in [6.45, 7) is 0. The van der Waals surface area contributed by atoms with Crippen LogP contribution in [-0.2, 0) is 4.74 Å². The standard InChI is InChI=1S/C14H9ClO2S/c15-11-7-3-1-5-9(11)14-17-13(16)10-6-2-4-8-12(10)18-14/h1-8,14H/t14-/m0/s1. The zero-order valence-electron chi connectivity index (χ0n) is 9.30. The molecular formula is C14H9ClO2S. The number of thioether (sulfide) groups is 1. The molecule has 2 aromatic carbocycles. The van der Waals surface area contributed by atoms with Crippen LogP contribution in [0.5, 0.6) is 0 Å². The van der Waals surface area contributed by atoms with Crippen LogP contribution in [0.2, 0.25) is 5.02 Å². The minimum absolute atomic E-state index is 0.297. The van der Waals surface area contributed by atoms with Gasteiger partial charge in [0.1, 0.15) is 0 Å². The zero-order valence-corrected chi connectivity index (χ0v) is 10.9. The Morgan fingerprint density at radius 3 is 2.61 bits per heavy atom. The number of carbonyl (C=O) groups is 1. The molecule has 0 spiro atoms. The third-order valence-corrected chi connectivity index (χ3v) is 4.23. The van der Waals surface area contributed by atoms with E-state index in [1.165, 1.54) is 11.8 Å². The molecule has 0 radical (unpaired) electrons. The van der Waals surface area contributed by atoms with Crippen LogP contribution < -0.4 is 0 Å². The third kappa shape index (κ3) is 2.00. The lowest BCUT2D eigenvalue weighted by Crippen LogP contribution is -2.15. The summed E-state index contributed by atoms with van der Waals surface area (Å²) in [7, 11) is 0. The van der Waals surface area contributed by atoms with Crippen molar-refractivity contribution in [2.45, 2.75) is 10.3 Å². The molecule has 4 heteroatoms. The van der Waals surface area contributed by atoms with Gasteiger partial charge in [-0.25, -0.2) is 4.79 Å². The van der Waals surface area contributed by atoms with Gasteiger partial charge < -0.3 is 4.74 Å². The van der Waals surface area contributed by atoms with E-state index in [1.807, 2.05) is 36.4 Å². The van der Waals surface area contributed by atoms with Crippen LogP contribution in [0.25, 0.3) is 0 Å². The minimum atomic E-state index is -0.374. The Hall–Kier alpha value is -1.45. The molecule has 18 heavy (non-hydrogen) atoms. The predicted molar refractivity (Wildman–Crippen MR) is 71.9 cm³/mol. The monoisotopic (exact) mass is 276 g/mol. The van der Waals surface area contributed by atoms with E-state index in [0.29, 0.717) is 10.6 Å². The lowest BCUT2D eigenvalue weighted by atomic mass is 10.2. The van der Waals surface area contributed by atoms with Crippen LogP contribution >= 0.6 is 23.4 Å². The quantitative estimate of drug-likeness (QED) is 0.727. The molecule has 0 aromatic heterocycles. The molecule has 1 aliphatic rings. The maximum Gasteiger partial charge on any atom is 0.340 e. The summed E-state index contributed by atoms with van der Waals surface area (Å²) >= 11 is 7.63. The number of cyclic esters (lactones) is 1. The molecule has 90 valence electrons. The van der Waals surface area contributed by atoms with Crippen LogP contribution in [0.15, 0.2) is 53.4 Å². The van der Waals surface area contributed by atoms with Gasteiger partial charge in [-0.15, -0.1) is 0 Å². The Labute approximate surface area is 114 Å². The van der Waals surface area contributed by atoms with Crippen molar-refractivity contribution in [3.63, 3.8) is 0 Å². The summed E-state index contributed by atoms with van der Waals surface area (Å²) < 4.78 is 5.42. The number of fused-ring (bicyclic) bond motifs is 1. The first-order chi connectivity index (χ1) is 8.75. The van der Waals surface area contributed by atoms with Crippen molar-refractivity contribution < 1.29 is 9.53 Å². The Morgan fingerprint density at radius 1 is 1.06 bits per heavy atom. The fourth-order valence-electron chi connectivity index (χ4n) is 1.83. The highest BCUT2D eigenvalue weighted by Crippen LogP contribution is 2.44. The van der Waals surface area contributed by atoms with Crippen LogP contribution in [-0.4, -0.2) is 5.97 Å². The van der Waals surface area contributed by atoms with Gasteiger partial charge in [0.15, 0.2) is 5.44 Å². The molecule has 0 N–H and O–H groups in total. The molecule has 0 aliphatic carbocycles. The smallest absolute Gasteiger partial charge is 0.340 e. The first-order valence-corrected chi connectivity index (χ1v) is 6.72. The van der Waals surface area contributed by atoms with Crippen LogP contribution in [0.1, 0.15) is 21.4 Å². The van der Waals surface area contributed by atoms with Gasteiger partial charge in [-0.1, -0.05) is 53.7 Å². The fraction of sp³-hybridized carbons (Fsp3) is 0.0714. The lowest BCUT2D eigenvalue weighted by molar-refractivity contribution is 0.0440. The maximum atomic E-state index is 11.9. The van der Waals surface area contributed by atoms with E-state index < -0.39 is 0 Å². The van der Waals surface area contributed by atoms with Gasteiger partial charge in [0, 0.05) is 15.5 Å². The van der Waals surface area contributed by atoms with E-state index in [2.05, 4.69) is 0 Å². The summed E-state index contributed by atoms with van der Waals surface area (Å²) in [6, 6.07) is 14.8. The van der Waals surface area contributed by atoms with Gasteiger partial charge in [-0.05, 0) is 18.2 Å². The van der Waals surface area contributed by atoms with Gasteiger partial charge in [0.25, 0.3) is 0 Å².